The number of ether oxygens (including phenoxy) is 8. The summed E-state index contributed by atoms with van der Waals surface area (Å²) >= 11 is 0. The maximum atomic E-state index is 10.9. The van der Waals surface area contributed by atoms with E-state index in [-0.39, 0.29) is 13.2 Å². The number of aliphatic hydroxyl groups is 9. The predicted molar refractivity (Wildman–Crippen MR) is 136 cm³/mol. The number of rotatable bonds is 9. The van der Waals surface area contributed by atoms with Crippen LogP contribution in [-0.2, 0) is 37.9 Å². The van der Waals surface area contributed by atoms with Crippen LogP contribution in [0.15, 0.2) is 0 Å². The molecule has 0 radical (unpaired) electrons. The Labute approximate surface area is 247 Å². The molecule has 0 aromatic rings. The van der Waals surface area contributed by atoms with E-state index < -0.39 is 123 Å². The summed E-state index contributed by atoms with van der Waals surface area (Å²) in [5, 5.41) is 94.0. The summed E-state index contributed by atoms with van der Waals surface area (Å²) in [6.45, 7) is 3.50. The first kappa shape index (κ1) is 35.1. The highest BCUT2D eigenvalue weighted by Crippen LogP contribution is 2.34. The molecule has 4 rings (SSSR count). The molecule has 18 heteroatoms. The third-order valence-electron chi connectivity index (χ3n) is 8.23. The minimum absolute atomic E-state index is 0.175. The molecule has 0 saturated carbocycles. The van der Waals surface area contributed by atoms with Gasteiger partial charge < -0.3 is 89.6 Å². The van der Waals surface area contributed by atoms with Gasteiger partial charge >= 0.3 is 0 Å². The van der Waals surface area contributed by atoms with Gasteiger partial charge in [0.2, 0.25) is 0 Å². The average molecular weight is 632 g/mol. The van der Waals surface area contributed by atoms with Gasteiger partial charge in [-0.3, -0.25) is 0 Å². The fraction of sp³-hybridized carbons (Fsp3) is 1.00. The van der Waals surface area contributed by atoms with E-state index in [1.807, 2.05) is 0 Å². The van der Waals surface area contributed by atoms with Crippen molar-refractivity contribution < 1.29 is 83.9 Å². The first-order valence-electron chi connectivity index (χ1n) is 14.2. The van der Waals surface area contributed by atoms with Gasteiger partial charge in [0.05, 0.1) is 37.8 Å². The second kappa shape index (κ2) is 14.8. The Hall–Kier alpha value is -0.720. The molecule has 19 atom stereocenters. The molecule has 43 heavy (non-hydrogen) atoms. The maximum Gasteiger partial charge on any atom is 0.188 e. The first-order chi connectivity index (χ1) is 20.3. The molecule has 0 aliphatic carbocycles. The molecule has 0 amide bonds. The molecule has 4 aliphatic heterocycles. The van der Waals surface area contributed by atoms with Gasteiger partial charge in [-0.25, -0.2) is 0 Å². The zero-order chi connectivity index (χ0) is 31.7. The molecule has 11 N–H and O–H groups in total. The molecular weight excluding hydrogens is 586 g/mol. The second-order valence-corrected chi connectivity index (χ2v) is 11.3. The van der Waals surface area contributed by atoms with Crippen molar-refractivity contribution in [1.82, 2.24) is 0 Å². The molecule has 0 aromatic heterocycles. The number of hydrogen-bond donors (Lipinski definition) is 10. The topological polar surface area (TPSA) is 282 Å². The van der Waals surface area contributed by atoms with E-state index in [4.69, 9.17) is 43.6 Å². The van der Waals surface area contributed by atoms with Crippen molar-refractivity contribution in [1.29, 1.82) is 0 Å². The monoisotopic (exact) mass is 631 g/mol. The lowest BCUT2D eigenvalue weighted by molar-refractivity contribution is -0.373. The molecule has 0 spiro atoms. The predicted octanol–water partition coefficient (Wildman–Crippen LogP) is -5.70. The van der Waals surface area contributed by atoms with Crippen LogP contribution in [0.1, 0.15) is 27.2 Å². The molecule has 4 aliphatic rings. The highest BCUT2D eigenvalue weighted by molar-refractivity contribution is 4.95. The molecule has 252 valence electrons. The number of nitrogens with two attached hydrogens (primary N) is 1. The van der Waals surface area contributed by atoms with E-state index in [0.29, 0.717) is 0 Å². The third-order valence-corrected chi connectivity index (χ3v) is 8.23. The molecule has 7 unspecified atom stereocenters. The fourth-order valence-electron chi connectivity index (χ4n) is 5.58. The SMILES string of the molecule is CC1O[C@H](O[C@@H]2C(CO)O[C@@H](O[C@@H]3C[C@H](O[C@@H]4C(O)[C@H](OCN)OC(C)[C@@H]4O)OC(C)[C@@H]3O)C(O)[C@H]2O)C(O)[C@@H](O)[C@H]1O. The summed E-state index contributed by atoms with van der Waals surface area (Å²) in [5.74, 6) is 0. The van der Waals surface area contributed by atoms with Gasteiger partial charge in [-0.1, -0.05) is 0 Å². The maximum absolute atomic E-state index is 10.9. The van der Waals surface area contributed by atoms with Crippen LogP contribution < -0.4 is 5.73 Å². The van der Waals surface area contributed by atoms with Crippen molar-refractivity contribution in [2.45, 2.75) is 144 Å². The number of hydrogen-bond acceptors (Lipinski definition) is 18. The Morgan fingerprint density at radius 1 is 0.581 bits per heavy atom. The molecular formula is C25H45NO17. The zero-order valence-corrected chi connectivity index (χ0v) is 24.0. The van der Waals surface area contributed by atoms with Crippen LogP contribution in [-0.4, -0.2) is 176 Å². The quantitative estimate of drug-likeness (QED) is 0.106. The second-order valence-electron chi connectivity index (χ2n) is 11.3. The lowest BCUT2D eigenvalue weighted by Crippen LogP contribution is -2.65. The van der Waals surface area contributed by atoms with Crippen LogP contribution in [0.2, 0.25) is 0 Å². The van der Waals surface area contributed by atoms with Gasteiger partial charge in [0, 0.05) is 6.42 Å². The van der Waals surface area contributed by atoms with Gasteiger partial charge in [0.15, 0.2) is 25.2 Å². The Balaban J connectivity index is 1.41. The van der Waals surface area contributed by atoms with Crippen LogP contribution in [0.5, 0.6) is 0 Å². The zero-order valence-electron chi connectivity index (χ0n) is 24.0. The summed E-state index contributed by atoms with van der Waals surface area (Å²) in [6, 6.07) is 0. The van der Waals surface area contributed by atoms with Crippen molar-refractivity contribution in [3.05, 3.63) is 0 Å². The third kappa shape index (κ3) is 7.48. The lowest BCUT2D eigenvalue weighted by Gasteiger charge is -2.47. The normalized spacial score (nSPS) is 53.1. The lowest BCUT2D eigenvalue weighted by atomic mass is 9.96. The summed E-state index contributed by atoms with van der Waals surface area (Å²) in [5.41, 5.74) is 5.39. The molecule has 4 saturated heterocycles. The van der Waals surface area contributed by atoms with Crippen LogP contribution >= 0.6 is 0 Å². The van der Waals surface area contributed by atoms with Crippen molar-refractivity contribution in [3.8, 4) is 0 Å². The molecule has 18 nitrogen and oxygen atoms in total. The van der Waals surface area contributed by atoms with E-state index in [0.717, 1.165) is 0 Å². The minimum Gasteiger partial charge on any atom is -0.394 e. The molecule has 0 bridgehead atoms. The molecule has 4 heterocycles. The van der Waals surface area contributed by atoms with Crippen LogP contribution in [0, 0.1) is 0 Å². The van der Waals surface area contributed by atoms with Crippen molar-refractivity contribution in [3.63, 3.8) is 0 Å². The summed E-state index contributed by atoms with van der Waals surface area (Å²) in [4.78, 5) is 0. The van der Waals surface area contributed by atoms with Crippen LogP contribution in [0.4, 0.5) is 0 Å². The van der Waals surface area contributed by atoms with Gasteiger partial charge in [-0.15, -0.1) is 0 Å². The van der Waals surface area contributed by atoms with Crippen LogP contribution in [0.25, 0.3) is 0 Å². The fourth-order valence-corrected chi connectivity index (χ4v) is 5.58. The van der Waals surface area contributed by atoms with Crippen molar-refractivity contribution in [2.75, 3.05) is 13.3 Å². The Morgan fingerprint density at radius 3 is 1.81 bits per heavy atom. The molecule has 0 aromatic carbocycles. The largest absolute Gasteiger partial charge is 0.394 e. The Kier molecular flexibility index (Phi) is 12.1. The Morgan fingerprint density at radius 2 is 1.16 bits per heavy atom. The van der Waals surface area contributed by atoms with Gasteiger partial charge in [0.1, 0.15) is 67.1 Å². The average Bonchev–Trinajstić information content (AvgIpc) is 2.97. The summed E-state index contributed by atoms with van der Waals surface area (Å²) in [6.07, 6.45) is -25.7. The van der Waals surface area contributed by atoms with Crippen molar-refractivity contribution >= 4 is 0 Å². The summed E-state index contributed by atoms with van der Waals surface area (Å²) < 4.78 is 44.7. The highest BCUT2D eigenvalue weighted by Gasteiger charge is 2.52. The van der Waals surface area contributed by atoms with E-state index in [1.165, 1.54) is 13.8 Å². The Bertz CT molecular complexity index is 874. The standard InChI is InChI=1S/C25H45NO17/c1-7-13(28)10(4-12(37-7)42-22-15(30)9(3)38-23(20(22)35)36-6-26)40-25-19(34)17(32)21(11(5-27)41-25)43-24-18(33)16(31)14(29)8(2)39-24/h7-25,27-35H,4-6,26H2,1-3H3/t7?,8?,9?,10-,11?,12+,13+,14+,15+,16+,17-,18?,19?,20?,21-,22+,23-,24-,25-/m1/s1. The minimum atomic E-state index is -1.79. The summed E-state index contributed by atoms with van der Waals surface area (Å²) in [7, 11) is 0. The first-order valence-corrected chi connectivity index (χ1v) is 14.2. The van der Waals surface area contributed by atoms with E-state index in [2.05, 4.69) is 0 Å². The smallest absolute Gasteiger partial charge is 0.188 e. The molecule has 4 fully saturated rings. The van der Waals surface area contributed by atoms with Gasteiger partial charge in [-0.2, -0.15) is 0 Å². The number of aliphatic hydroxyl groups excluding tert-OH is 9. The van der Waals surface area contributed by atoms with Gasteiger partial charge in [0.25, 0.3) is 0 Å². The van der Waals surface area contributed by atoms with E-state index in [1.54, 1.807) is 6.92 Å². The van der Waals surface area contributed by atoms with Crippen LogP contribution in [0.3, 0.4) is 0 Å². The van der Waals surface area contributed by atoms with Crippen molar-refractivity contribution in [2.24, 2.45) is 5.73 Å². The van der Waals surface area contributed by atoms with E-state index in [9.17, 15) is 46.0 Å². The highest BCUT2D eigenvalue weighted by atomic mass is 16.8. The van der Waals surface area contributed by atoms with Gasteiger partial charge in [-0.05, 0) is 20.8 Å². The van der Waals surface area contributed by atoms with E-state index >= 15 is 0 Å².